The van der Waals surface area contributed by atoms with Crippen molar-refractivity contribution in [1.29, 1.82) is 0 Å². The summed E-state index contributed by atoms with van der Waals surface area (Å²) in [5.74, 6) is -0.918. The fraction of sp³-hybridized carbons (Fsp3) is 0.320. The number of benzene rings is 2. The smallest absolute Gasteiger partial charge is 0.125 e. The summed E-state index contributed by atoms with van der Waals surface area (Å²) in [4.78, 5) is 20.7. The first kappa shape index (κ1) is 20.6. The molecule has 0 aromatic heterocycles. The van der Waals surface area contributed by atoms with Crippen molar-refractivity contribution in [2.24, 2.45) is 11.8 Å². The van der Waals surface area contributed by atoms with Gasteiger partial charge in [-0.05, 0) is 42.3 Å². The van der Waals surface area contributed by atoms with Crippen molar-refractivity contribution in [3.05, 3.63) is 72.3 Å². The maximum absolute atomic E-state index is 13.4. The number of nitrogens with zero attached hydrogens (tertiary/aromatic N) is 4. The fourth-order valence-electron chi connectivity index (χ4n) is 5.10. The monoisotopic (exact) mass is 430 g/mol. The van der Waals surface area contributed by atoms with Crippen LogP contribution in [-0.4, -0.2) is 46.2 Å². The van der Waals surface area contributed by atoms with Crippen LogP contribution in [0.5, 0.6) is 0 Å². The first-order valence-electron chi connectivity index (χ1n) is 10.7. The number of anilines is 4. The topological polar surface area (TPSA) is 76.2 Å². The molecule has 4 unspecified atom stereocenters. The molecule has 0 bridgehead atoms. The average Bonchev–Trinajstić information content (AvgIpc) is 3.28. The molecule has 32 heavy (non-hydrogen) atoms. The Hall–Kier alpha value is -3.29. The Balaban J connectivity index is 1.46. The summed E-state index contributed by atoms with van der Waals surface area (Å²) in [6.07, 6.45) is 0.473. The van der Waals surface area contributed by atoms with E-state index >= 15 is 0 Å². The second-order valence-corrected chi connectivity index (χ2v) is 8.65. The largest absolute Gasteiger partial charge is 0.851 e. The minimum Gasteiger partial charge on any atom is -0.851 e. The number of ketones is 1. The molecule has 0 amide bonds. The maximum atomic E-state index is 13.4. The molecule has 2 aromatic rings. The summed E-state index contributed by atoms with van der Waals surface area (Å²) in [7, 11) is 7.62. The zero-order valence-corrected chi connectivity index (χ0v) is 18.6. The Morgan fingerprint density at radius 3 is 1.47 bits per heavy atom. The molecule has 1 fully saturated rings. The third kappa shape index (κ3) is 2.85. The minimum absolute atomic E-state index is 0.530. The molecule has 0 saturated heterocycles. The summed E-state index contributed by atoms with van der Waals surface area (Å²) in [5, 5.41) is 26.3. The number of rotatable bonds is 2. The van der Waals surface area contributed by atoms with E-state index in [1.165, 1.54) is 0 Å². The van der Waals surface area contributed by atoms with Crippen LogP contribution in [0.1, 0.15) is 0 Å². The zero-order chi connectivity index (χ0) is 22.7. The van der Waals surface area contributed by atoms with Gasteiger partial charge in [-0.3, -0.25) is 0 Å². The van der Waals surface area contributed by atoms with Crippen molar-refractivity contribution >= 4 is 28.5 Å². The molecule has 2 aliphatic heterocycles. The second kappa shape index (κ2) is 7.39. The number of carbonyl (C=O) groups excluding carboxylic acids is 1. The first-order valence-corrected chi connectivity index (χ1v) is 10.7. The van der Waals surface area contributed by atoms with Crippen molar-refractivity contribution < 1.29 is 15.0 Å². The van der Waals surface area contributed by atoms with Crippen LogP contribution in [0.15, 0.2) is 72.3 Å². The Kier molecular flexibility index (Phi) is 4.76. The lowest BCUT2D eigenvalue weighted by Crippen LogP contribution is -2.41. The molecule has 2 heterocycles. The number of hydrogen-bond acceptors (Lipinski definition) is 7. The molecule has 4 atom stereocenters. The lowest BCUT2D eigenvalue weighted by Gasteiger charge is -2.32. The quantitative estimate of drug-likeness (QED) is 0.707. The molecule has 0 N–H and O–H groups in total. The van der Waals surface area contributed by atoms with Gasteiger partial charge in [0.1, 0.15) is 17.4 Å². The van der Waals surface area contributed by atoms with Gasteiger partial charge in [-0.2, -0.15) is 0 Å². The van der Waals surface area contributed by atoms with Gasteiger partial charge < -0.3 is 34.6 Å². The van der Waals surface area contributed by atoms with Crippen LogP contribution in [0.25, 0.3) is 0 Å². The summed E-state index contributed by atoms with van der Waals surface area (Å²) < 4.78 is 0. The molecular formula is C25H26N4O3-2. The molecule has 2 aromatic carbocycles. The van der Waals surface area contributed by atoms with Crippen LogP contribution in [0.3, 0.4) is 0 Å². The highest BCUT2D eigenvalue weighted by Gasteiger charge is 2.39. The standard InChI is InChI=1S/C25H26N4O3/c1-26-17-9-5-6-10-18(17)27(2)21(26)13-15-23(30)16(25(32)24(15)31)14-22-28(3)19-11-7-8-12-20(19)29(22)4/h5-16,23-24H,1-4H3/q-2. The van der Waals surface area contributed by atoms with Crippen LogP contribution in [0.4, 0.5) is 22.7 Å². The van der Waals surface area contributed by atoms with Gasteiger partial charge in [0.25, 0.3) is 0 Å². The van der Waals surface area contributed by atoms with Crippen LogP contribution >= 0.6 is 0 Å². The normalized spacial score (nSPS) is 26.8. The van der Waals surface area contributed by atoms with Crippen LogP contribution in [0.2, 0.25) is 0 Å². The third-order valence-electron chi connectivity index (χ3n) is 6.95. The predicted molar refractivity (Wildman–Crippen MR) is 122 cm³/mol. The first-order chi connectivity index (χ1) is 15.3. The van der Waals surface area contributed by atoms with Crippen molar-refractivity contribution in [2.75, 3.05) is 47.8 Å². The van der Waals surface area contributed by atoms with Gasteiger partial charge in [-0.1, -0.05) is 30.4 Å². The average molecular weight is 431 g/mol. The number of carbonyl (C=O) groups is 1. The highest BCUT2D eigenvalue weighted by Crippen LogP contribution is 2.42. The van der Waals surface area contributed by atoms with Crippen molar-refractivity contribution in [3.63, 3.8) is 0 Å². The molecule has 3 aliphatic rings. The van der Waals surface area contributed by atoms with Crippen LogP contribution in [-0.2, 0) is 4.79 Å². The van der Waals surface area contributed by atoms with E-state index in [0.29, 0.717) is 0 Å². The molecule has 0 radical (unpaired) electrons. The van der Waals surface area contributed by atoms with E-state index in [0.717, 1.165) is 34.4 Å². The van der Waals surface area contributed by atoms with Crippen molar-refractivity contribution in [3.8, 4) is 0 Å². The van der Waals surface area contributed by atoms with E-state index in [2.05, 4.69) is 0 Å². The Morgan fingerprint density at radius 2 is 1.06 bits per heavy atom. The molecule has 166 valence electrons. The van der Waals surface area contributed by atoms with Crippen LogP contribution in [0, 0.1) is 11.8 Å². The molecule has 7 heteroatoms. The van der Waals surface area contributed by atoms with E-state index < -0.39 is 29.8 Å². The number of hydrogen-bond donors (Lipinski definition) is 0. The molecule has 1 saturated carbocycles. The number of para-hydroxylation sites is 4. The molecular weight excluding hydrogens is 404 g/mol. The van der Waals surface area contributed by atoms with E-state index in [-0.39, 0.29) is 0 Å². The minimum atomic E-state index is -1.57. The third-order valence-corrected chi connectivity index (χ3v) is 6.95. The molecule has 7 nitrogen and oxygen atoms in total. The zero-order valence-electron chi connectivity index (χ0n) is 18.6. The second-order valence-electron chi connectivity index (χ2n) is 8.65. The maximum Gasteiger partial charge on any atom is 0.125 e. The summed E-state index contributed by atoms with van der Waals surface area (Å²) in [6, 6.07) is 15.8. The Morgan fingerprint density at radius 1 is 0.688 bits per heavy atom. The van der Waals surface area contributed by atoms with Gasteiger partial charge in [0.2, 0.25) is 0 Å². The van der Waals surface area contributed by atoms with Crippen molar-refractivity contribution in [1.82, 2.24) is 0 Å². The van der Waals surface area contributed by atoms with Crippen molar-refractivity contribution in [2.45, 2.75) is 12.2 Å². The van der Waals surface area contributed by atoms with Gasteiger partial charge in [0, 0.05) is 34.1 Å². The van der Waals surface area contributed by atoms with Gasteiger partial charge in [-0.15, -0.1) is 6.10 Å². The van der Waals surface area contributed by atoms with Crippen LogP contribution < -0.4 is 29.8 Å². The van der Waals surface area contributed by atoms with Gasteiger partial charge >= 0.3 is 0 Å². The highest BCUT2D eigenvalue weighted by molar-refractivity contribution is 5.91. The predicted octanol–water partition coefficient (Wildman–Crippen LogP) is 1.11. The SMILES string of the molecule is CN1C(=CC2C(=O)C([O-])C(C=C3N(C)c4ccccc4N3C)C2[O-])N(C)c2ccccc21. The summed E-state index contributed by atoms with van der Waals surface area (Å²) in [5.41, 5.74) is 4.00. The molecule has 1 aliphatic carbocycles. The van der Waals surface area contributed by atoms with E-state index in [4.69, 9.17) is 0 Å². The van der Waals surface area contributed by atoms with Gasteiger partial charge in [0.15, 0.2) is 0 Å². The fourth-order valence-corrected chi connectivity index (χ4v) is 5.10. The number of fused-ring (bicyclic) bond motifs is 2. The van der Waals surface area contributed by atoms with E-state index in [1.54, 1.807) is 12.2 Å². The lowest BCUT2D eigenvalue weighted by atomic mass is 9.99. The Bertz CT molecular complexity index is 1080. The van der Waals surface area contributed by atoms with Gasteiger partial charge in [0.05, 0.1) is 22.7 Å². The lowest BCUT2D eigenvalue weighted by molar-refractivity contribution is -0.458. The van der Waals surface area contributed by atoms with Gasteiger partial charge in [-0.25, -0.2) is 0 Å². The Labute approximate surface area is 188 Å². The summed E-state index contributed by atoms with van der Waals surface area (Å²) >= 11 is 0. The number of Topliss-reactive ketones (excluding diaryl/α,β-unsaturated/α-hetero) is 1. The highest BCUT2D eigenvalue weighted by atomic mass is 16.3. The molecule has 0 spiro atoms. The van der Waals surface area contributed by atoms with E-state index in [9.17, 15) is 15.0 Å². The van der Waals surface area contributed by atoms with E-state index in [1.807, 2.05) is 96.3 Å². The molecule has 5 rings (SSSR count). The summed E-state index contributed by atoms with van der Waals surface area (Å²) in [6.45, 7) is 0.